The average Bonchev–Trinajstić information content (AvgIpc) is 2.40. The van der Waals surface area contributed by atoms with E-state index in [1.54, 1.807) is 0 Å². The Labute approximate surface area is 103 Å². The minimum atomic E-state index is -0.417. The summed E-state index contributed by atoms with van der Waals surface area (Å²) in [6.07, 6.45) is 5.21. The molecule has 0 spiro atoms. The van der Waals surface area contributed by atoms with Crippen LogP contribution < -0.4 is 0 Å². The second-order valence-electron chi connectivity index (χ2n) is 4.64. The lowest BCUT2D eigenvalue weighted by atomic mass is 9.96. The third-order valence-electron chi connectivity index (χ3n) is 3.31. The normalized spacial score (nSPS) is 26.4. The van der Waals surface area contributed by atoms with E-state index in [2.05, 4.69) is 6.58 Å². The van der Waals surface area contributed by atoms with E-state index < -0.39 is 6.10 Å². The van der Waals surface area contributed by atoms with E-state index in [1.807, 2.05) is 36.4 Å². The van der Waals surface area contributed by atoms with Gasteiger partial charge in [-0.1, -0.05) is 36.4 Å². The predicted octanol–water partition coefficient (Wildman–Crippen LogP) is 2.71. The highest BCUT2D eigenvalue weighted by atomic mass is 16.5. The standard InChI is InChI=1S/C15H20O2/c1-2-13-9-6-10-15(17-13)14(16)11-12-7-4-3-5-8-12/h2-5,7-8,13-16H,1,6,9-11H2/t13-,14+,15-/m0/s1. The fourth-order valence-electron chi connectivity index (χ4n) is 2.32. The molecule has 92 valence electrons. The summed E-state index contributed by atoms with van der Waals surface area (Å²) in [5.74, 6) is 0. The first-order valence-electron chi connectivity index (χ1n) is 6.29. The fraction of sp³-hybridized carbons (Fsp3) is 0.467. The van der Waals surface area contributed by atoms with Crippen molar-refractivity contribution in [3.05, 3.63) is 48.6 Å². The van der Waals surface area contributed by atoms with Crippen LogP contribution in [0.2, 0.25) is 0 Å². The van der Waals surface area contributed by atoms with Gasteiger partial charge in [0.05, 0.1) is 18.3 Å². The SMILES string of the molecule is C=C[C@H]1CCC[C@@H]([C@H](O)Cc2ccccc2)O1. The summed E-state index contributed by atoms with van der Waals surface area (Å²) in [5, 5.41) is 10.2. The van der Waals surface area contributed by atoms with E-state index >= 15 is 0 Å². The molecule has 1 aromatic rings. The van der Waals surface area contributed by atoms with Gasteiger partial charge in [-0.3, -0.25) is 0 Å². The number of hydrogen-bond acceptors (Lipinski definition) is 2. The molecule has 1 heterocycles. The van der Waals surface area contributed by atoms with Crippen molar-refractivity contribution in [1.29, 1.82) is 0 Å². The number of ether oxygens (including phenoxy) is 1. The lowest BCUT2D eigenvalue weighted by molar-refractivity contribution is -0.0877. The zero-order chi connectivity index (χ0) is 12.1. The minimum Gasteiger partial charge on any atom is -0.390 e. The van der Waals surface area contributed by atoms with Crippen LogP contribution >= 0.6 is 0 Å². The number of benzene rings is 1. The smallest absolute Gasteiger partial charge is 0.0845 e. The molecule has 2 nitrogen and oxygen atoms in total. The molecule has 1 fully saturated rings. The van der Waals surface area contributed by atoms with Gasteiger partial charge in [-0.15, -0.1) is 6.58 Å². The maximum absolute atomic E-state index is 10.2. The van der Waals surface area contributed by atoms with Crippen LogP contribution in [-0.2, 0) is 11.2 Å². The van der Waals surface area contributed by atoms with E-state index in [1.165, 1.54) is 0 Å². The lowest BCUT2D eigenvalue weighted by Gasteiger charge is -2.31. The van der Waals surface area contributed by atoms with Gasteiger partial charge in [0.1, 0.15) is 0 Å². The van der Waals surface area contributed by atoms with Gasteiger partial charge in [0.15, 0.2) is 0 Å². The summed E-state index contributed by atoms with van der Waals surface area (Å²) in [5.41, 5.74) is 1.16. The van der Waals surface area contributed by atoms with Crippen LogP contribution in [0.15, 0.2) is 43.0 Å². The van der Waals surface area contributed by atoms with Crippen molar-refractivity contribution in [2.75, 3.05) is 0 Å². The first-order chi connectivity index (χ1) is 8.29. The highest BCUT2D eigenvalue weighted by Gasteiger charge is 2.26. The van der Waals surface area contributed by atoms with Crippen molar-refractivity contribution in [2.45, 2.75) is 44.0 Å². The zero-order valence-electron chi connectivity index (χ0n) is 10.1. The Morgan fingerprint density at radius 2 is 2.12 bits per heavy atom. The third kappa shape index (κ3) is 3.42. The molecule has 17 heavy (non-hydrogen) atoms. The Morgan fingerprint density at radius 1 is 1.35 bits per heavy atom. The summed E-state index contributed by atoms with van der Waals surface area (Å²) in [7, 11) is 0. The molecular formula is C15H20O2. The maximum atomic E-state index is 10.2. The van der Waals surface area contributed by atoms with Gasteiger partial charge in [0.25, 0.3) is 0 Å². The summed E-state index contributed by atoms with van der Waals surface area (Å²) < 4.78 is 5.80. The molecule has 0 amide bonds. The van der Waals surface area contributed by atoms with E-state index in [0.29, 0.717) is 6.42 Å². The summed E-state index contributed by atoms with van der Waals surface area (Å²) in [6, 6.07) is 10.1. The van der Waals surface area contributed by atoms with Crippen molar-refractivity contribution in [1.82, 2.24) is 0 Å². The molecule has 0 aromatic heterocycles. The molecule has 2 heteroatoms. The minimum absolute atomic E-state index is 0.0491. The molecule has 1 aliphatic heterocycles. The highest BCUT2D eigenvalue weighted by Crippen LogP contribution is 2.23. The predicted molar refractivity (Wildman–Crippen MR) is 68.9 cm³/mol. The fourth-order valence-corrected chi connectivity index (χ4v) is 2.32. The topological polar surface area (TPSA) is 29.5 Å². The van der Waals surface area contributed by atoms with Gasteiger partial charge >= 0.3 is 0 Å². The molecule has 1 aliphatic rings. The van der Waals surface area contributed by atoms with Crippen LogP contribution in [0.4, 0.5) is 0 Å². The van der Waals surface area contributed by atoms with Crippen LogP contribution in [0.25, 0.3) is 0 Å². The molecule has 3 atom stereocenters. The Kier molecular flexibility index (Phi) is 4.35. The van der Waals surface area contributed by atoms with Crippen molar-refractivity contribution < 1.29 is 9.84 Å². The molecule has 0 bridgehead atoms. The summed E-state index contributed by atoms with van der Waals surface area (Å²) >= 11 is 0. The van der Waals surface area contributed by atoms with Crippen LogP contribution in [0.1, 0.15) is 24.8 Å². The van der Waals surface area contributed by atoms with Gasteiger partial charge in [0.2, 0.25) is 0 Å². The van der Waals surface area contributed by atoms with E-state index in [0.717, 1.165) is 24.8 Å². The Hall–Kier alpha value is -1.12. The Balaban J connectivity index is 1.91. The van der Waals surface area contributed by atoms with Gasteiger partial charge in [-0.05, 0) is 24.8 Å². The first-order valence-corrected chi connectivity index (χ1v) is 6.29. The lowest BCUT2D eigenvalue weighted by Crippen LogP contribution is -2.37. The van der Waals surface area contributed by atoms with E-state index in [-0.39, 0.29) is 12.2 Å². The number of aliphatic hydroxyl groups excluding tert-OH is 1. The second kappa shape index (κ2) is 5.99. The monoisotopic (exact) mass is 232 g/mol. The largest absolute Gasteiger partial charge is 0.390 e. The van der Waals surface area contributed by atoms with Crippen LogP contribution in [0.5, 0.6) is 0 Å². The molecule has 0 aliphatic carbocycles. The molecule has 0 saturated carbocycles. The van der Waals surface area contributed by atoms with E-state index in [9.17, 15) is 5.11 Å². The number of rotatable bonds is 4. The number of aliphatic hydroxyl groups is 1. The maximum Gasteiger partial charge on any atom is 0.0845 e. The van der Waals surface area contributed by atoms with Crippen molar-refractivity contribution in [3.63, 3.8) is 0 Å². The molecule has 1 aromatic carbocycles. The zero-order valence-corrected chi connectivity index (χ0v) is 10.1. The first kappa shape index (κ1) is 12.3. The highest BCUT2D eigenvalue weighted by molar-refractivity contribution is 5.15. The summed E-state index contributed by atoms with van der Waals surface area (Å²) in [4.78, 5) is 0. The summed E-state index contributed by atoms with van der Waals surface area (Å²) in [6.45, 7) is 3.76. The van der Waals surface area contributed by atoms with Crippen LogP contribution in [-0.4, -0.2) is 23.4 Å². The van der Waals surface area contributed by atoms with Gasteiger partial charge in [0, 0.05) is 6.42 Å². The average molecular weight is 232 g/mol. The molecule has 1 N–H and O–H groups in total. The Bertz CT molecular complexity index is 347. The van der Waals surface area contributed by atoms with Crippen molar-refractivity contribution in [2.24, 2.45) is 0 Å². The van der Waals surface area contributed by atoms with Crippen molar-refractivity contribution in [3.8, 4) is 0 Å². The molecule has 2 rings (SSSR count). The molecule has 0 radical (unpaired) electrons. The second-order valence-corrected chi connectivity index (χ2v) is 4.64. The molecular weight excluding hydrogens is 212 g/mol. The Morgan fingerprint density at radius 3 is 2.82 bits per heavy atom. The van der Waals surface area contributed by atoms with Crippen molar-refractivity contribution >= 4 is 0 Å². The van der Waals surface area contributed by atoms with Crippen LogP contribution in [0.3, 0.4) is 0 Å². The van der Waals surface area contributed by atoms with Gasteiger partial charge in [-0.25, -0.2) is 0 Å². The quantitative estimate of drug-likeness (QED) is 0.809. The van der Waals surface area contributed by atoms with Gasteiger partial charge in [-0.2, -0.15) is 0 Å². The molecule has 0 unspecified atom stereocenters. The third-order valence-corrected chi connectivity index (χ3v) is 3.31. The van der Waals surface area contributed by atoms with E-state index in [4.69, 9.17) is 4.74 Å². The molecule has 1 saturated heterocycles. The van der Waals surface area contributed by atoms with Crippen LogP contribution in [0, 0.1) is 0 Å². The number of hydrogen-bond donors (Lipinski definition) is 1. The van der Waals surface area contributed by atoms with Gasteiger partial charge < -0.3 is 9.84 Å².